The standard InChI is InChI=1S/C14H21NO/c1-4-10-15-14(2,3)12-16-11-13-8-6-5-7-9-13/h4-9,15H,1,10-12H2,2-3H3. The van der Waals surface area contributed by atoms with E-state index in [1.165, 1.54) is 5.56 Å². The maximum atomic E-state index is 5.68. The summed E-state index contributed by atoms with van der Waals surface area (Å²) >= 11 is 0. The van der Waals surface area contributed by atoms with Crippen LogP contribution in [0.1, 0.15) is 19.4 Å². The largest absolute Gasteiger partial charge is 0.375 e. The molecule has 16 heavy (non-hydrogen) atoms. The fraction of sp³-hybridized carbons (Fsp3) is 0.429. The summed E-state index contributed by atoms with van der Waals surface area (Å²) in [5.41, 5.74) is 1.20. The Labute approximate surface area is 98.3 Å². The summed E-state index contributed by atoms with van der Waals surface area (Å²) in [5, 5.41) is 3.35. The molecule has 0 bridgehead atoms. The summed E-state index contributed by atoms with van der Waals surface area (Å²) in [6.07, 6.45) is 1.86. The van der Waals surface area contributed by atoms with Crippen molar-refractivity contribution in [2.45, 2.75) is 26.0 Å². The molecule has 0 saturated heterocycles. The Kier molecular flexibility index (Phi) is 5.23. The van der Waals surface area contributed by atoms with Crippen LogP contribution in [0, 0.1) is 0 Å². The monoisotopic (exact) mass is 219 g/mol. The van der Waals surface area contributed by atoms with E-state index in [2.05, 4.69) is 37.9 Å². The van der Waals surface area contributed by atoms with Crippen molar-refractivity contribution in [3.05, 3.63) is 48.6 Å². The molecule has 2 heteroatoms. The van der Waals surface area contributed by atoms with Gasteiger partial charge in [0.1, 0.15) is 0 Å². The molecule has 0 unspecified atom stereocenters. The van der Waals surface area contributed by atoms with E-state index in [0.29, 0.717) is 13.2 Å². The Balaban J connectivity index is 2.27. The minimum Gasteiger partial charge on any atom is -0.375 e. The van der Waals surface area contributed by atoms with E-state index in [-0.39, 0.29) is 5.54 Å². The number of ether oxygens (including phenoxy) is 1. The van der Waals surface area contributed by atoms with Gasteiger partial charge in [0, 0.05) is 12.1 Å². The van der Waals surface area contributed by atoms with Gasteiger partial charge in [-0.05, 0) is 19.4 Å². The summed E-state index contributed by atoms with van der Waals surface area (Å²) in [6, 6.07) is 10.2. The lowest BCUT2D eigenvalue weighted by Crippen LogP contribution is -2.43. The minimum atomic E-state index is -0.0109. The highest BCUT2D eigenvalue weighted by Gasteiger charge is 2.15. The molecule has 88 valence electrons. The average Bonchev–Trinajstić information content (AvgIpc) is 2.28. The molecule has 0 aliphatic carbocycles. The van der Waals surface area contributed by atoms with Crippen LogP contribution < -0.4 is 5.32 Å². The fourth-order valence-corrected chi connectivity index (χ4v) is 1.40. The lowest BCUT2D eigenvalue weighted by molar-refractivity contribution is 0.0725. The Morgan fingerprint density at radius 1 is 1.31 bits per heavy atom. The summed E-state index contributed by atoms with van der Waals surface area (Å²) < 4.78 is 5.68. The van der Waals surface area contributed by atoms with Gasteiger partial charge in [-0.3, -0.25) is 0 Å². The molecule has 1 aromatic carbocycles. The van der Waals surface area contributed by atoms with Gasteiger partial charge in [-0.1, -0.05) is 36.4 Å². The van der Waals surface area contributed by atoms with Crippen LogP contribution in [0.5, 0.6) is 0 Å². The van der Waals surface area contributed by atoms with E-state index in [9.17, 15) is 0 Å². The molecule has 1 N–H and O–H groups in total. The first-order valence-corrected chi connectivity index (χ1v) is 5.62. The van der Waals surface area contributed by atoms with Crippen LogP contribution in [-0.2, 0) is 11.3 Å². The quantitative estimate of drug-likeness (QED) is 0.712. The summed E-state index contributed by atoms with van der Waals surface area (Å²) in [6.45, 7) is 10.1. The second-order valence-electron chi connectivity index (χ2n) is 4.53. The van der Waals surface area contributed by atoms with E-state index in [4.69, 9.17) is 4.74 Å². The van der Waals surface area contributed by atoms with Crippen LogP contribution >= 0.6 is 0 Å². The molecule has 0 amide bonds. The smallest absolute Gasteiger partial charge is 0.0717 e. The molecule has 0 radical (unpaired) electrons. The van der Waals surface area contributed by atoms with Crippen LogP contribution in [-0.4, -0.2) is 18.7 Å². The lowest BCUT2D eigenvalue weighted by Gasteiger charge is -2.25. The van der Waals surface area contributed by atoms with Crippen LogP contribution in [0.25, 0.3) is 0 Å². The maximum absolute atomic E-state index is 5.68. The maximum Gasteiger partial charge on any atom is 0.0717 e. The molecular weight excluding hydrogens is 198 g/mol. The minimum absolute atomic E-state index is 0.0109. The first-order chi connectivity index (χ1) is 7.64. The summed E-state index contributed by atoms with van der Waals surface area (Å²) in [4.78, 5) is 0. The van der Waals surface area contributed by atoms with Gasteiger partial charge < -0.3 is 10.1 Å². The predicted molar refractivity (Wildman–Crippen MR) is 68.4 cm³/mol. The third-order valence-electron chi connectivity index (χ3n) is 2.30. The van der Waals surface area contributed by atoms with Gasteiger partial charge in [0.25, 0.3) is 0 Å². The zero-order valence-electron chi connectivity index (χ0n) is 10.2. The topological polar surface area (TPSA) is 21.3 Å². The molecule has 2 nitrogen and oxygen atoms in total. The van der Waals surface area contributed by atoms with Crippen molar-refractivity contribution in [1.29, 1.82) is 0 Å². The van der Waals surface area contributed by atoms with Gasteiger partial charge in [-0.25, -0.2) is 0 Å². The van der Waals surface area contributed by atoms with Crippen LogP contribution in [0.15, 0.2) is 43.0 Å². The first kappa shape index (κ1) is 12.9. The molecule has 1 rings (SSSR count). The van der Waals surface area contributed by atoms with E-state index >= 15 is 0 Å². The number of benzene rings is 1. The van der Waals surface area contributed by atoms with Gasteiger partial charge >= 0.3 is 0 Å². The second kappa shape index (κ2) is 6.46. The molecule has 0 spiro atoms. The number of rotatable bonds is 7. The molecule has 0 atom stereocenters. The SMILES string of the molecule is C=CCNC(C)(C)COCc1ccccc1. The van der Waals surface area contributed by atoms with Crippen molar-refractivity contribution < 1.29 is 4.74 Å². The Morgan fingerprint density at radius 2 is 2.00 bits per heavy atom. The van der Waals surface area contributed by atoms with Crippen molar-refractivity contribution in [3.8, 4) is 0 Å². The summed E-state index contributed by atoms with van der Waals surface area (Å²) in [5.74, 6) is 0. The zero-order valence-corrected chi connectivity index (χ0v) is 10.2. The number of hydrogen-bond acceptors (Lipinski definition) is 2. The van der Waals surface area contributed by atoms with Crippen LogP contribution in [0.2, 0.25) is 0 Å². The van der Waals surface area contributed by atoms with Gasteiger partial charge in [0.05, 0.1) is 13.2 Å². The van der Waals surface area contributed by atoms with Gasteiger partial charge in [0.15, 0.2) is 0 Å². The van der Waals surface area contributed by atoms with E-state index < -0.39 is 0 Å². The van der Waals surface area contributed by atoms with Crippen molar-refractivity contribution >= 4 is 0 Å². The highest BCUT2D eigenvalue weighted by molar-refractivity contribution is 5.13. The third kappa shape index (κ3) is 5.10. The molecule has 0 aliphatic rings. The first-order valence-electron chi connectivity index (χ1n) is 5.62. The van der Waals surface area contributed by atoms with Crippen molar-refractivity contribution in [2.75, 3.05) is 13.2 Å². The predicted octanol–water partition coefficient (Wildman–Crippen LogP) is 2.76. The lowest BCUT2D eigenvalue weighted by atomic mass is 10.1. The molecule has 0 fully saturated rings. The van der Waals surface area contributed by atoms with E-state index in [0.717, 1.165) is 6.54 Å². The highest BCUT2D eigenvalue weighted by atomic mass is 16.5. The second-order valence-corrected chi connectivity index (χ2v) is 4.53. The zero-order chi connectivity index (χ0) is 11.9. The van der Waals surface area contributed by atoms with Gasteiger partial charge in [-0.2, -0.15) is 0 Å². The van der Waals surface area contributed by atoms with E-state index in [1.807, 2.05) is 24.3 Å². The number of nitrogens with one attached hydrogen (secondary N) is 1. The number of hydrogen-bond donors (Lipinski definition) is 1. The molecule has 0 aliphatic heterocycles. The molecular formula is C14H21NO. The van der Waals surface area contributed by atoms with Gasteiger partial charge in [0.2, 0.25) is 0 Å². The molecule has 0 aromatic heterocycles. The normalized spacial score (nSPS) is 11.4. The molecule has 1 aromatic rings. The van der Waals surface area contributed by atoms with Crippen LogP contribution in [0.4, 0.5) is 0 Å². The third-order valence-corrected chi connectivity index (χ3v) is 2.30. The highest BCUT2D eigenvalue weighted by Crippen LogP contribution is 2.06. The Hall–Kier alpha value is -1.12. The average molecular weight is 219 g/mol. The molecule has 0 saturated carbocycles. The van der Waals surface area contributed by atoms with Gasteiger partial charge in [-0.15, -0.1) is 6.58 Å². The fourth-order valence-electron chi connectivity index (χ4n) is 1.40. The van der Waals surface area contributed by atoms with Crippen molar-refractivity contribution in [1.82, 2.24) is 5.32 Å². The Morgan fingerprint density at radius 3 is 2.62 bits per heavy atom. The van der Waals surface area contributed by atoms with Crippen molar-refractivity contribution in [3.63, 3.8) is 0 Å². The Bertz CT molecular complexity index is 306. The van der Waals surface area contributed by atoms with Crippen molar-refractivity contribution in [2.24, 2.45) is 0 Å². The summed E-state index contributed by atoms with van der Waals surface area (Å²) in [7, 11) is 0. The van der Waals surface area contributed by atoms with E-state index in [1.54, 1.807) is 0 Å². The molecule has 0 heterocycles. The van der Waals surface area contributed by atoms with Crippen LogP contribution in [0.3, 0.4) is 0 Å².